The van der Waals surface area contributed by atoms with Crippen LogP contribution in [0.3, 0.4) is 0 Å². The maximum Gasteiger partial charge on any atom is 0.0347 e. The topological polar surface area (TPSA) is 12.0 Å². The Morgan fingerprint density at radius 2 is 1.53 bits per heavy atom. The lowest BCUT2D eigenvalue weighted by atomic mass is 9.69. The van der Waals surface area contributed by atoms with Crippen molar-refractivity contribution in [3.63, 3.8) is 0 Å². The predicted octanol–water partition coefficient (Wildman–Crippen LogP) is 5.32. The zero-order valence-corrected chi connectivity index (χ0v) is 13.2. The van der Waals surface area contributed by atoms with Crippen molar-refractivity contribution in [3.8, 4) is 0 Å². The lowest BCUT2D eigenvalue weighted by Crippen LogP contribution is -2.39. The first-order valence-electron chi connectivity index (χ1n) is 7.71. The molecule has 0 spiro atoms. The quantitative estimate of drug-likeness (QED) is 0.758. The normalized spacial score (nSPS) is 24.3. The highest BCUT2D eigenvalue weighted by Gasteiger charge is 2.33. The monoisotopic (exact) mass is 259 g/mol. The third-order valence-electron chi connectivity index (χ3n) is 4.45. The van der Waals surface area contributed by atoms with Crippen molar-refractivity contribution in [1.82, 2.24) is 0 Å². The fourth-order valence-electron chi connectivity index (χ4n) is 3.61. The number of aryl methyl sites for hydroxylation is 2. The Morgan fingerprint density at radius 3 is 2.11 bits per heavy atom. The lowest BCUT2D eigenvalue weighted by Gasteiger charge is -2.41. The van der Waals surface area contributed by atoms with Crippen LogP contribution in [0.25, 0.3) is 0 Å². The molecule has 1 aliphatic carbocycles. The summed E-state index contributed by atoms with van der Waals surface area (Å²) >= 11 is 0. The van der Waals surface area contributed by atoms with Gasteiger partial charge in [0.15, 0.2) is 0 Å². The van der Waals surface area contributed by atoms with Gasteiger partial charge in [-0.25, -0.2) is 0 Å². The maximum absolute atomic E-state index is 3.82. The van der Waals surface area contributed by atoms with Crippen molar-refractivity contribution in [2.24, 2.45) is 11.3 Å². The smallest absolute Gasteiger partial charge is 0.0347 e. The molecule has 2 atom stereocenters. The second kappa shape index (κ2) is 5.56. The first-order chi connectivity index (χ1) is 8.86. The zero-order chi connectivity index (χ0) is 14.0. The van der Waals surface area contributed by atoms with Gasteiger partial charge in [0.1, 0.15) is 0 Å². The van der Waals surface area contributed by atoms with Crippen LogP contribution in [0.15, 0.2) is 18.2 Å². The van der Waals surface area contributed by atoms with Crippen molar-refractivity contribution >= 4 is 5.69 Å². The Bertz CT molecular complexity index is 408. The minimum atomic E-state index is 0.400. The Balaban J connectivity index is 2.15. The van der Waals surface area contributed by atoms with Gasteiger partial charge in [0, 0.05) is 11.7 Å². The molecule has 0 aromatic heterocycles. The van der Waals surface area contributed by atoms with Crippen LogP contribution in [-0.4, -0.2) is 6.04 Å². The van der Waals surface area contributed by atoms with Gasteiger partial charge >= 0.3 is 0 Å². The standard InChI is InChI=1S/C18H29N/c1-13-10-14(2)12-15(11-13)19-17-9-7-6-8-16(17)18(3,4)5/h10-12,16-17,19H,6-9H2,1-5H3. The third-order valence-corrected chi connectivity index (χ3v) is 4.45. The molecule has 1 heteroatoms. The van der Waals surface area contributed by atoms with Crippen LogP contribution >= 0.6 is 0 Å². The van der Waals surface area contributed by atoms with Crippen LogP contribution < -0.4 is 5.32 Å². The summed E-state index contributed by atoms with van der Waals surface area (Å²) in [6.45, 7) is 11.5. The first-order valence-corrected chi connectivity index (χ1v) is 7.71. The van der Waals surface area contributed by atoms with Crippen LogP contribution in [0.2, 0.25) is 0 Å². The largest absolute Gasteiger partial charge is 0.382 e. The van der Waals surface area contributed by atoms with Gasteiger partial charge in [0.2, 0.25) is 0 Å². The van der Waals surface area contributed by atoms with E-state index in [9.17, 15) is 0 Å². The fourth-order valence-corrected chi connectivity index (χ4v) is 3.61. The fraction of sp³-hybridized carbons (Fsp3) is 0.667. The van der Waals surface area contributed by atoms with E-state index in [1.54, 1.807) is 0 Å². The molecular weight excluding hydrogens is 230 g/mol. The molecule has 0 amide bonds. The molecule has 106 valence electrons. The maximum atomic E-state index is 3.82. The molecule has 1 aromatic carbocycles. The highest BCUT2D eigenvalue weighted by Crippen LogP contribution is 2.39. The summed E-state index contributed by atoms with van der Waals surface area (Å²) in [6, 6.07) is 7.44. The van der Waals surface area contributed by atoms with E-state index in [0.717, 1.165) is 5.92 Å². The highest BCUT2D eigenvalue weighted by atomic mass is 14.9. The summed E-state index contributed by atoms with van der Waals surface area (Å²) in [7, 11) is 0. The van der Waals surface area contributed by atoms with Gasteiger partial charge in [-0.1, -0.05) is 39.7 Å². The third kappa shape index (κ3) is 3.75. The molecule has 1 N–H and O–H groups in total. The van der Waals surface area contributed by atoms with Crippen molar-refractivity contribution in [3.05, 3.63) is 29.3 Å². The number of nitrogens with one attached hydrogen (secondary N) is 1. The van der Waals surface area contributed by atoms with Crippen LogP contribution in [0.1, 0.15) is 57.6 Å². The van der Waals surface area contributed by atoms with E-state index in [1.807, 2.05) is 0 Å². The number of rotatable bonds is 2. The van der Waals surface area contributed by atoms with Crippen molar-refractivity contribution in [2.75, 3.05) is 5.32 Å². The zero-order valence-electron chi connectivity index (χ0n) is 13.2. The second-order valence-corrected chi connectivity index (χ2v) is 7.38. The average molecular weight is 259 g/mol. The van der Waals surface area contributed by atoms with E-state index in [1.165, 1.54) is 42.5 Å². The van der Waals surface area contributed by atoms with Gasteiger partial charge in [-0.3, -0.25) is 0 Å². The van der Waals surface area contributed by atoms with Crippen LogP contribution in [0.4, 0.5) is 5.69 Å². The summed E-state index contributed by atoms with van der Waals surface area (Å²) in [5, 5.41) is 3.82. The van der Waals surface area contributed by atoms with Crippen LogP contribution in [0.5, 0.6) is 0 Å². The minimum absolute atomic E-state index is 0.400. The average Bonchev–Trinajstić information content (AvgIpc) is 2.26. The van der Waals surface area contributed by atoms with Gasteiger partial charge in [-0.2, -0.15) is 0 Å². The minimum Gasteiger partial charge on any atom is -0.382 e. The van der Waals surface area contributed by atoms with Gasteiger partial charge in [-0.15, -0.1) is 0 Å². The van der Waals surface area contributed by atoms with Gasteiger partial charge < -0.3 is 5.32 Å². The van der Waals surface area contributed by atoms with E-state index in [0.29, 0.717) is 11.5 Å². The summed E-state index contributed by atoms with van der Waals surface area (Å²) in [5.41, 5.74) is 4.41. The molecule has 0 heterocycles. The van der Waals surface area contributed by atoms with Crippen LogP contribution in [0, 0.1) is 25.2 Å². The van der Waals surface area contributed by atoms with E-state index < -0.39 is 0 Å². The molecule has 1 aliphatic rings. The Morgan fingerprint density at radius 1 is 0.947 bits per heavy atom. The molecule has 0 bridgehead atoms. The van der Waals surface area contributed by atoms with Crippen molar-refractivity contribution < 1.29 is 0 Å². The van der Waals surface area contributed by atoms with Gasteiger partial charge in [0.05, 0.1) is 0 Å². The van der Waals surface area contributed by atoms with E-state index in [4.69, 9.17) is 0 Å². The molecule has 1 aromatic rings. The van der Waals surface area contributed by atoms with E-state index in [-0.39, 0.29) is 0 Å². The summed E-state index contributed by atoms with van der Waals surface area (Å²) in [5.74, 6) is 0.780. The van der Waals surface area contributed by atoms with E-state index >= 15 is 0 Å². The molecule has 2 unspecified atom stereocenters. The second-order valence-electron chi connectivity index (χ2n) is 7.38. The van der Waals surface area contributed by atoms with Crippen molar-refractivity contribution in [2.45, 2.75) is 66.3 Å². The molecule has 0 aliphatic heterocycles. The molecular formula is C18H29N. The number of hydrogen-bond acceptors (Lipinski definition) is 1. The summed E-state index contributed by atoms with van der Waals surface area (Å²) in [4.78, 5) is 0. The molecule has 2 rings (SSSR count). The summed E-state index contributed by atoms with van der Waals surface area (Å²) in [6.07, 6.45) is 5.45. The molecule has 19 heavy (non-hydrogen) atoms. The predicted molar refractivity (Wildman–Crippen MR) is 84.7 cm³/mol. The molecule has 1 nitrogen and oxygen atoms in total. The Labute approximate surface area is 118 Å². The summed E-state index contributed by atoms with van der Waals surface area (Å²) < 4.78 is 0. The first kappa shape index (κ1) is 14.4. The number of anilines is 1. The Kier molecular flexibility index (Phi) is 4.23. The van der Waals surface area contributed by atoms with Crippen molar-refractivity contribution in [1.29, 1.82) is 0 Å². The molecule has 0 radical (unpaired) electrons. The molecule has 0 saturated heterocycles. The lowest BCUT2D eigenvalue weighted by molar-refractivity contribution is 0.163. The molecule has 1 fully saturated rings. The van der Waals surface area contributed by atoms with Gasteiger partial charge in [-0.05, 0) is 61.3 Å². The SMILES string of the molecule is Cc1cc(C)cc(NC2CCCCC2C(C)(C)C)c1. The van der Waals surface area contributed by atoms with Gasteiger partial charge in [0.25, 0.3) is 0 Å². The highest BCUT2D eigenvalue weighted by molar-refractivity contribution is 5.49. The molecule has 1 saturated carbocycles. The Hall–Kier alpha value is -0.980. The number of benzene rings is 1. The van der Waals surface area contributed by atoms with E-state index in [2.05, 4.69) is 58.1 Å². The number of hydrogen-bond donors (Lipinski definition) is 1. The van der Waals surface area contributed by atoms with Crippen LogP contribution in [-0.2, 0) is 0 Å².